The van der Waals surface area contributed by atoms with E-state index in [1.165, 1.54) is 6.92 Å². The summed E-state index contributed by atoms with van der Waals surface area (Å²) in [4.78, 5) is 41.9. The van der Waals surface area contributed by atoms with Crippen molar-refractivity contribution in [2.45, 2.75) is 45.1 Å². The van der Waals surface area contributed by atoms with Crippen molar-refractivity contribution in [3.05, 3.63) is 33.1 Å². The number of aromatic amines is 1. The summed E-state index contributed by atoms with van der Waals surface area (Å²) in [5, 5.41) is 2.40. The maximum atomic E-state index is 13.3. The number of rotatable bonds is 8. The lowest BCUT2D eigenvalue weighted by Crippen LogP contribution is -2.45. The van der Waals surface area contributed by atoms with Crippen molar-refractivity contribution in [3.8, 4) is 0 Å². The van der Waals surface area contributed by atoms with Gasteiger partial charge in [-0.25, -0.2) is 18.8 Å². The van der Waals surface area contributed by atoms with Crippen LogP contribution in [0.25, 0.3) is 0 Å². The zero-order chi connectivity index (χ0) is 22.3. The molecule has 0 saturated carbocycles. The standard InChI is InChI=1S/C15H24FN4O9P/c1-9(2)28-14(22)10(3)18-30(24)26-7-12(11(6-16)25-8-27-30)29-19-20-5-4-13(21)17-15(20)23/h4-5,9-12,19H,6-8H2,1-3H3,(H,18,24)(H,17,21,23)/t10-,11+,12?,30?/m0/s1. The Morgan fingerprint density at radius 3 is 2.77 bits per heavy atom. The Balaban J connectivity index is 2.03. The topological polar surface area (TPSA) is 159 Å². The van der Waals surface area contributed by atoms with E-state index in [1.54, 1.807) is 13.8 Å². The number of H-pyrrole nitrogens is 1. The molecular formula is C15H24FN4O9P. The molecule has 1 aliphatic heterocycles. The minimum atomic E-state index is -4.05. The molecule has 1 aliphatic rings. The average molecular weight is 454 g/mol. The summed E-state index contributed by atoms with van der Waals surface area (Å²) in [6.07, 6.45) is -1.65. The number of ether oxygens (including phenoxy) is 2. The first-order chi connectivity index (χ1) is 14.1. The van der Waals surface area contributed by atoms with Crippen molar-refractivity contribution >= 4 is 13.7 Å². The number of carbonyl (C=O) groups is 1. The first-order valence-corrected chi connectivity index (χ1v) is 10.5. The van der Waals surface area contributed by atoms with Crippen molar-refractivity contribution < 1.29 is 37.1 Å². The summed E-state index contributed by atoms with van der Waals surface area (Å²) < 4.78 is 47.4. The lowest BCUT2D eigenvalue weighted by Gasteiger charge is -2.31. The molecule has 0 aromatic carbocycles. The van der Waals surface area contributed by atoms with E-state index in [-0.39, 0.29) is 6.10 Å². The molecule has 2 unspecified atom stereocenters. The van der Waals surface area contributed by atoms with Crippen LogP contribution >= 0.6 is 7.75 Å². The number of hydrogen-bond donors (Lipinski definition) is 3. The van der Waals surface area contributed by atoms with Crippen LogP contribution in [0.2, 0.25) is 0 Å². The van der Waals surface area contributed by atoms with Gasteiger partial charge in [0.2, 0.25) is 0 Å². The molecule has 170 valence electrons. The van der Waals surface area contributed by atoms with Crippen LogP contribution in [0.1, 0.15) is 20.8 Å². The van der Waals surface area contributed by atoms with Gasteiger partial charge in [-0.1, -0.05) is 0 Å². The van der Waals surface area contributed by atoms with Crippen LogP contribution in [0.4, 0.5) is 4.39 Å². The van der Waals surface area contributed by atoms with Gasteiger partial charge in [-0.2, -0.15) is 10.3 Å². The Morgan fingerprint density at radius 1 is 1.40 bits per heavy atom. The highest BCUT2D eigenvalue weighted by Gasteiger charge is 2.37. The molecule has 4 atom stereocenters. The van der Waals surface area contributed by atoms with Crippen molar-refractivity contribution in [2.75, 3.05) is 25.7 Å². The van der Waals surface area contributed by atoms with E-state index in [0.717, 1.165) is 16.9 Å². The van der Waals surface area contributed by atoms with Gasteiger partial charge in [0.05, 0.1) is 12.7 Å². The molecule has 0 aliphatic carbocycles. The lowest BCUT2D eigenvalue weighted by atomic mass is 10.2. The Labute approximate surface area is 170 Å². The SMILES string of the molecule is CC(C)OC(=O)[C@H](C)NP1(=O)OCO[C@H](CF)C(ONn2ccc(=O)[nH]c2=O)CO1. The number of hydrogen-bond acceptors (Lipinski definition) is 10. The number of nitrogens with one attached hydrogen (secondary N) is 3. The van der Waals surface area contributed by atoms with Crippen molar-refractivity contribution in [2.24, 2.45) is 0 Å². The number of alkyl halides is 1. The highest BCUT2D eigenvalue weighted by Crippen LogP contribution is 2.45. The van der Waals surface area contributed by atoms with E-state index in [1.807, 2.05) is 4.98 Å². The Bertz CT molecular complexity index is 876. The number of halogens is 1. The zero-order valence-electron chi connectivity index (χ0n) is 16.5. The lowest BCUT2D eigenvalue weighted by molar-refractivity contribution is -0.150. The quantitative estimate of drug-likeness (QED) is 0.271. The fourth-order valence-corrected chi connectivity index (χ4v) is 3.52. The normalized spacial score (nSPS) is 25.9. The van der Waals surface area contributed by atoms with Gasteiger partial charge in [0.25, 0.3) is 5.56 Å². The largest absolute Gasteiger partial charge is 0.462 e. The average Bonchev–Trinajstić information content (AvgIpc) is 2.65. The molecule has 15 heteroatoms. The van der Waals surface area contributed by atoms with Crippen LogP contribution in [0.15, 0.2) is 21.9 Å². The van der Waals surface area contributed by atoms with Crippen molar-refractivity contribution in [1.82, 2.24) is 14.7 Å². The zero-order valence-corrected chi connectivity index (χ0v) is 17.4. The van der Waals surface area contributed by atoms with Gasteiger partial charge in [0, 0.05) is 12.3 Å². The van der Waals surface area contributed by atoms with Gasteiger partial charge >= 0.3 is 19.4 Å². The van der Waals surface area contributed by atoms with E-state index in [0.29, 0.717) is 0 Å². The van der Waals surface area contributed by atoms with Crippen molar-refractivity contribution in [1.29, 1.82) is 0 Å². The fraction of sp³-hybridized carbons (Fsp3) is 0.667. The van der Waals surface area contributed by atoms with Crippen LogP contribution in [0, 0.1) is 0 Å². The number of nitrogens with zero attached hydrogens (tertiary/aromatic N) is 1. The predicted molar refractivity (Wildman–Crippen MR) is 99.7 cm³/mol. The van der Waals surface area contributed by atoms with Gasteiger partial charge in [0.15, 0.2) is 6.79 Å². The highest BCUT2D eigenvalue weighted by molar-refractivity contribution is 7.51. The van der Waals surface area contributed by atoms with Crippen LogP contribution in [0.5, 0.6) is 0 Å². The number of aromatic nitrogens is 2. The highest BCUT2D eigenvalue weighted by atomic mass is 31.2. The molecular weight excluding hydrogens is 430 g/mol. The van der Waals surface area contributed by atoms with Crippen molar-refractivity contribution in [3.63, 3.8) is 0 Å². The Hall–Kier alpha value is -2.09. The molecule has 3 N–H and O–H groups in total. The summed E-state index contributed by atoms with van der Waals surface area (Å²) in [6, 6.07) is 0.0194. The third-order valence-electron chi connectivity index (χ3n) is 3.66. The minimum Gasteiger partial charge on any atom is -0.462 e. The summed E-state index contributed by atoms with van der Waals surface area (Å²) in [7, 11) is -4.05. The van der Waals surface area contributed by atoms with E-state index in [2.05, 4.69) is 10.7 Å². The van der Waals surface area contributed by atoms with E-state index < -0.39 is 63.3 Å². The summed E-state index contributed by atoms with van der Waals surface area (Å²) in [5.41, 5.74) is 0.761. The first kappa shape index (κ1) is 24.2. The summed E-state index contributed by atoms with van der Waals surface area (Å²) in [6.45, 7) is 2.60. The van der Waals surface area contributed by atoms with Gasteiger partial charge < -0.3 is 9.47 Å². The molecule has 30 heavy (non-hydrogen) atoms. The van der Waals surface area contributed by atoms with E-state index in [4.69, 9.17) is 23.4 Å². The van der Waals surface area contributed by atoms with Gasteiger partial charge in [0.1, 0.15) is 24.9 Å². The molecule has 0 amide bonds. The Morgan fingerprint density at radius 2 is 2.13 bits per heavy atom. The maximum absolute atomic E-state index is 13.3. The number of carbonyl (C=O) groups excluding carboxylic acids is 1. The molecule has 0 spiro atoms. The van der Waals surface area contributed by atoms with E-state index in [9.17, 15) is 23.3 Å². The number of esters is 1. The van der Waals surface area contributed by atoms with Gasteiger partial charge in [-0.3, -0.25) is 28.5 Å². The fourth-order valence-electron chi connectivity index (χ4n) is 2.18. The molecule has 1 aromatic heterocycles. The second kappa shape index (κ2) is 10.8. The van der Waals surface area contributed by atoms with Crippen LogP contribution in [-0.4, -0.2) is 60.1 Å². The van der Waals surface area contributed by atoms with E-state index >= 15 is 0 Å². The second-order valence-electron chi connectivity index (χ2n) is 6.46. The smallest absolute Gasteiger partial charge is 0.408 e. The molecule has 0 bridgehead atoms. The Kier molecular flexibility index (Phi) is 8.70. The third kappa shape index (κ3) is 7.00. The van der Waals surface area contributed by atoms with Gasteiger partial charge in [-0.05, 0) is 20.8 Å². The first-order valence-electron chi connectivity index (χ1n) is 8.92. The van der Waals surface area contributed by atoms with Crippen LogP contribution in [-0.2, 0) is 32.7 Å². The molecule has 1 aromatic rings. The third-order valence-corrected chi connectivity index (χ3v) is 5.30. The molecule has 1 saturated heterocycles. The molecule has 1 fully saturated rings. The predicted octanol–water partition coefficient (Wildman–Crippen LogP) is -0.223. The molecule has 2 heterocycles. The molecule has 13 nitrogen and oxygen atoms in total. The van der Waals surface area contributed by atoms with Crippen LogP contribution in [0.3, 0.4) is 0 Å². The minimum absolute atomic E-state index is 0.379. The maximum Gasteiger partial charge on any atom is 0.408 e. The summed E-state index contributed by atoms with van der Waals surface area (Å²) in [5.74, 6) is -0.677. The van der Waals surface area contributed by atoms with Crippen LogP contribution < -0.4 is 21.9 Å². The summed E-state index contributed by atoms with van der Waals surface area (Å²) >= 11 is 0. The van der Waals surface area contributed by atoms with Gasteiger partial charge in [-0.15, -0.1) is 0 Å². The monoisotopic (exact) mass is 454 g/mol. The molecule has 0 radical (unpaired) electrons. The molecule has 2 rings (SSSR count). The second-order valence-corrected chi connectivity index (χ2v) is 8.23.